The summed E-state index contributed by atoms with van der Waals surface area (Å²) in [4.78, 5) is 17.6. The molecule has 0 fully saturated rings. The zero-order chi connectivity index (χ0) is 19.6. The van der Waals surface area contributed by atoms with E-state index in [2.05, 4.69) is 15.6 Å². The Morgan fingerprint density at radius 2 is 1.78 bits per heavy atom. The standard InChI is InChI=1S/C19H31FN4O2.HI/c1-19(2,3)26-18(25)24(5)14-16-9-7-15(8-10-16)13-23-17(21-4)22-12-6-11-20;/h7-10H,6,11-14H2,1-5H3,(H2,21,22,23);1H. The van der Waals surface area contributed by atoms with Gasteiger partial charge >= 0.3 is 6.09 Å². The summed E-state index contributed by atoms with van der Waals surface area (Å²) in [6.45, 7) is 6.84. The van der Waals surface area contributed by atoms with Crippen LogP contribution in [0.1, 0.15) is 38.3 Å². The number of amides is 1. The molecule has 0 atom stereocenters. The topological polar surface area (TPSA) is 66.0 Å². The first kappa shape index (κ1) is 25.4. The fraction of sp³-hybridized carbons (Fsp3) is 0.579. The number of ether oxygens (including phenoxy) is 1. The van der Waals surface area contributed by atoms with Crippen LogP contribution < -0.4 is 10.6 Å². The van der Waals surface area contributed by atoms with Crippen molar-refractivity contribution < 1.29 is 13.9 Å². The van der Waals surface area contributed by atoms with Gasteiger partial charge in [-0.2, -0.15) is 0 Å². The zero-order valence-electron chi connectivity index (χ0n) is 16.8. The molecular weight excluding hydrogens is 462 g/mol. The summed E-state index contributed by atoms with van der Waals surface area (Å²) in [5.41, 5.74) is 1.60. The van der Waals surface area contributed by atoms with E-state index in [1.807, 2.05) is 45.0 Å². The van der Waals surface area contributed by atoms with E-state index in [1.54, 1.807) is 19.0 Å². The van der Waals surface area contributed by atoms with Crippen molar-refractivity contribution in [1.82, 2.24) is 15.5 Å². The summed E-state index contributed by atoms with van der Waals surface area (Å²) >= 11 is 0. The first-order valence-corrected chi connectivity index (χ1v) is 8.77. The lowest BCUT2D eigenvalue weighted by atomic mass is 10.1. The Kier molecular flexibility index (Phi) is 12.0. The third-order valence-electron chi connectivity index (χ3n) is 3.43. The molecule has 0 saturated carbocycles. The number of nitrogens with zero attached hydrogens (tertiary/aromatic N) is 2. The minimum Gasteiger partial charge on any atom is -0.444 e. The molecule has 1 aromatic carbocycles. The van der Waals surface area contributed by atoms with Gasteiger partial charge in [-0.3, -0.25) is 9.38 Å². The SMILES string of the molecule is CN=C(NCCCF)NCc1ccc(CN(C)C(=O)OC(C)(C)C)cc1.I. The van der Waals surface area contributed by atoms with E-state index >= 15 is 0 Å². The van der Waals surface area contributed by atoms with Crippen LogP contribution in [-0.2, 0) is 17.8 Å². The third-order valence-corrected chi connectivity index (χ3v) is 3.43. The molecule has 1 rings (SSSR count). The molecule has 1 amide bonds. The fourth-order valence-corrected chi connectivity index (χ4v) is 2.12. The number of carbonyl (C=O) groups is 1. The molecule has 6 nitrogen and oxygen atoms in total. The third kappa shape index (κ3) is 11.0. The number of rotatable bonds is 7. The van der Waals surface area contributed by atoms with E-state index < -0.39 is 5.60 Å². The highest BCUT2D eigenvalue weighted by atomic mass is 127. The van der Waals surface area contributed by atoms with Crippen LogP contribution in [0, 0.1) is 0 Å². The molecule has 0 unspecified atom stereocenters. The van der Waals surface area contributed by atoms with Crippen LogP contribution >= 0.6 is 24.0 Å². The Bertz CT molecular complexity index is 588. The first-order chi connectivity index (χ1) is 12.2. The number of aliphatic imine (C=N–C) groups is 1. The van der Waals surface area contributed by atoms with Crippen LogP contribution in [0.3, 0.4) is 0 Å². The van der Waals surface area contributed by atoms with Gasteiger partial charge in [-0.15, -0.1) is 24.0 Å². The van der Waals surface area contributed by atoms with E-state index in [1.165, 1.54) is 0 Å². The van der Waals surface area contributed by atoms with E-state index in [4.69, 9.17) is 4.74 Å². The average Bonchev–Trinajstić information content (AvgIpc) is 2.57. The first-order valence-electron chi connectivity index (χ1n) is 8.77. The van der Waals surface area contributed by atoms with E-state index in [0.717, 1.165) is 11.1 Å². The van der Waals surface area contributed by atoms with Crippen molar-refractivity contribution in [2.45, 2.75) is 45.9 Å². The maximum absolute atomic E-state index is 12.1. The number of alkyl halides is 1. The van der Waals surface area contributed by atoms with Crippen molar-refractivity contribution in [3.63, 3.8) is 0 Å². The molecule has 0 aliphatic carbocycles. The quantitative estimate of drug-likeness (QED) is 0.263. The Labute approximate surface area is 179 Å². The van der Waals surface area contributed by atoms with Crippen molar-refractivity contribution in [2.24, 2.45) is 4.99 Å². The summed E-state index contributed by atoms with van der Waals surface area (Å²) < 4.78 is 17.5. The van der Waals surface area contributed by atoms with Crippen LogP contribution in [0.25, 0.3) is 0 Å². The lowest BCUT2D eigenvalue weighted by Gasteiger charge is -2.24. The van der Waals surface area contributed by atoms with Crippen LogP contribution in [0.5, 0.6) is 0 Å². The number of hydrogen-bond acceptors (Lipinski definition) is 3. The van der Waals surface area contributed by atoms with Gasteiger partial charge in [0.2, 0.25) is 0 Å². The molecule has 27 heavy (non-hydrogen) atoms. The molecule has 0 aliphatic heterocycles. The van der Waals surface area contributed by atoms with Gasteiger partial charge in [0.1, 0.15) is 5.60 Å². The van der Waals surface area contributed by atoms with Gasteiger partial charge in [0.05, 0.1) is 6.67 Å². The number of halogens is 2. The van der Waals surface area contributed by atoms with Crippen molar-refractivity contribution in [2.75, 3.05) is 27.3 Å². The summed E-state index contributed by atoms with van der Waals surface area (Å²) in [7, 11) is 3.40. The van der Waals surface area contributed by atoms with Gasteiger partial charge in [-0.1, -0.05) is 24.3 Å². The number of carbonyl (C=O) groups excluding carboxylic acids is 1. The Hall–Kier alpha value is -1.58. The molecular formula is C19H32FIN4O2. The molecule has 8 heteroatoms. The second-order valence-corrected chi connectivity index (χ2v) is 7.05. The minimum atomic E-state index is -0.502. The van der Waals surface area contributed by atoms with E-state index in [-0.39, 0.29) is 36.7 Å². The highest BCUT2D eigenvalue weighted by molar-refractivity contribution is 14.0. The molecule has 0 bridgehead atoms. The van der Waals surface area contributed by atoms with Gasteiger partial charge in [0.25, 0.3) is 0 Å². The van der Waals surface area contributed by atoms with Crippen LogP contribution in [0.15, 0.2) is 29.3 Å². The number of guanidine groups is 1. The summed E-state index contributed by atoms with van der Waals surface area (Å²) in [6.07, 6.45) is 0.118. The molecule has 1 aromatic rings. The predicted molar refractivity (Wildman–Crippen MR) is 118 cm³/mol. The van der Waals surface area contributed by atoms with Crippen molar-refractivity contribution >= 4 is 36.0 Å². The minimum absolute atomic E-state index is 0. The molecule has 0 heterocycles. The normalized spacial score (nSPS) is 11.4. The van der Waals surface area contributed by atoms with E-state index in [9.17, 15) is 9.18 Å². The van der Waals surface area contributed by atoms with Crippen LogP contribution in [0.2, 0.25) is 0 Å². The van der Waals surface area contributed by atoms with Gasteiger partial charge in [-0.25, -0.2) is 4.79 Å². The lowest BCUT2D eigenvalue weighted by molar-refractivity contribution is 0.0285. The van der Waals surface area contributed by atoms with Crippen LogP contribution in [-0.4, -0.2) is 49.9 Å². The summed E-state index contributed by atoms with van der Waals surface area (Å²) in [5.74, 6) is 0.646. The second kappa shape index (κ2) is 12.7. The van der Waals surface area contributed by atoms with E-state index in [0.29, 0.717) is 32.0 Å². The van der Waals surface area contributed by atoms with Gasteiger partial charge in [0.15, 0.2) is 5.96 Å². The largest absolute Gasteiger partial charge is 0.444 e. The second-order valence-electron chi connectivity index (χ2n) is 7.05. The average molecular weight is 494 g/mol. The van der Waals surface area contributed by atoms with Gasteiger partial charge < -0.3 is 20.3 Å². The smallest absolute Gasteiger partial charge is 0.410 e. The number of hydrogen-bond donors (Lipinski definition) is 2. The molecule has 0 aliphatic rings. The lowest BCUT2D eigenvalue weighted by Crippen LogP contribution is -2.37. The summed E-state index contributed by atoms with van der Waals surface area (Å²) in [5, 5.41) is 6.23. The zero-order valence-corrected chi connectivity index (χ0v) is 19.2. The molecule has 154 valence electrons. The Balaban J connectivity index is 0.00000676. The monoisotopic (exact) mass is 494 g/mol. The molecule has 0 radical (unpaired) electrons. The Morgan fingerprint density at radius 3 is 2.30 bits per heavy atom. The summed E-state index contributed by atoms with van der Waals surface area (Å²) in [6, 6.07) is 7.97. The highest BCUT2D eigenvalue weighted by Gasteiger charge is 2.19. The fourth-order valence-electron chi connectivity index (χ4n) is 2.12. The Morgan fingerprint density at radius 1 is 1.19 bits per heavy atom. The van der Waals surface area contributed by atoms with Crippen molar-refractivity contribution in [3.05, 3.63) is 35.4 Å². The van der Waals surface area contributed by atoms with Gasteiger partial charge in [0, 0.05) is 33.7 Å². The molecule has 2 N–H and O–H groups in total. The van der Waals surface area contributed by atoms with Gasteiger partial charge in [-0.05, 0) is 38.3 Å². The molecule has 0 aromatic heterocycles. The van der Waals surface area contributed by atoms with Crippen LogP contribution in [0.4, 0.5) is 9.18 Å². The number of nitrogens with one attached hydrogen (secondary N) is 2. The maximum Gasteiger partial charge on any atom is 0.410 e. The predicted octanol–water partition coefficient (Wildman–Crippen LogP) is 3.70. The maximum atomic E-state index is 12.1. The van der Waals surface area contributed by atoms with Crippen molar-refractivity contribution in [3.8, 4) is 0 Å². The van der Waals surface area contributed by atoms with Crippen molar-refractivity contribution in [1.29, 1.82) is 0 Å². The molecule has 0 saturated heterocycles. The number of benzene rings is 1. The molecule has 0 spiro atoms. The highest BCUT2D eigenvalue weighted by Crippen LogP contribution is 2.12.